The minimum absolute atomic E-state index is 0.751. The Morgan fingerprint density at radius 2 is 1.74 bits per heavy atom. The molecule has 1 N–H and O–H groups in total. The standard InChI is InChI=1S/C16H16N2O/c1-2-12-7-9-13(10-8-12)11-17-16-14-5-3-4-6-15(14)19-18-16/h3-10H,2,11H2,1H3,(H,17,18). The lowest BCUT2D eigenvalue weighted by Crippen LogP contribution is -1.99. The topological polar surface area (TPSA) is 38.1 Å². The molecule has 0 bridgehead atoms. The zero-order valence-corrected chi connectivity index (χ0v) is 10.9. The number of aromatic nitrogens is 1. The van der Waals surface area contributed by atoms with E-state index < -0.39 is 0 Å². The lowest BCUT2D eigenvalue weighted by Gasteiger charge is -2.04. The van der Waals surface area contributed by atoms with Gasteiger partial charge in [-0.2, -0.15) is 0 Å². The molecular formula is C16H16N2O. The predicted molar refractivity (Wildman–Crippen MR) is 77.2 cm³/mol. The van der Waals surface area contributed by atoms with Gasteiger partial charge in [0.15, 0.2) is 11.4 Å². The van der Waals surface area contributed by atoms with Crippen molar-refractivity contribution in [3.8, 4) is 0 Å². The van der Waals surface area contributed by atoms with Crippen LogP contribution in [0.2, 0.25) is 0 Å². The van der Waals surface area contributed by atoms with Crippen LogP contribution >= 0.6 is 0 Å². The number of nitrogens with zero attached hydrogens (tertiary/aromatic N) is 1. The number of nitrogens with one attached hydrogen (secondary N) is 1. The first-order chi connectivity index (χ1) is 9.36. The lowest BCUT2D eigenvalue weighted by atomic mass is 10.1. The van der Waals surface area contributed by atoms with Crippen LogP contribution in [-0.4, -0.2) is 5.16 Å². The summed E-state index contributed by atoms with van der Waals surface area (Å²) < 4.78 is 5.26. The fourth-order valence-corrected chi connectivity index (χ4v) is 2.09. The summed E-state index contributed by atoms with van der Waals surface area (Å²) in [6.45, 7) is 2.91. The molecule has 0 aliphatic heterocycles. The Bertz CT molecular complexity index is 671. The van der Waals surface area contributed by atoms with Crippen molar-refractivity contribution in [3.63, 3.8) is 0 Å². The van der Waals surface area contributed by atoms with Gasteiger partial charge in [-0.25, -0.2) is 0 Å². The summed E-state index contributed by atoms with van der Waals surface area (Å²) in [7, 11) is 0. The van der Waals surface area contributed by atoms with Gasteiger partial charge in [-0.05, 0) is 29.7 Å². The van der Waals surface area contributed by atoms with Gasteiger partial charge in [0.1, 0.15) is 0 Å². The molecule has 0 aliphatic rings. The first-order valence-electron chi connectivity index (χ1n) is 6.53. The van der Waals surface area contributed by atoms with E-state index in [0.29, 0.717) is 0 Å². The molecule has 3 nitrogen and oxygen atoms in total. The van der Waals surface area contributed by atoms with Gasteiger partial charge in [0.05, 0.1) is 5.39 Å². The van der Waals surface area contributed by atoms with E-state index in [1.807, 2.05) is 24.3 Å². The molecule has 0 fully saturated rings. The number of aryl methyl sites for hydroxylation is 1. The van der Waals surface area contributed by atoms with Crippen molar-refractivity contribution >= 4 is 16.8 Å². The minimum atomic E-state index is 0.751. The highest BCUT2D eigenvalue weighted by atomic mass is 16.5. The first kappa shape index (κ1) is 11.8. The van der Waals surface area contributed by atoms with Crippen LogP contribution in [0.1, 0.15) is 18.1 Å². The molecule has 3 rings (SSSR count). The van der Waals surface area contributed by atoms with Gasteiger partial charge in [0.2, 0.25) is 0 Å². The monoisotopic (exact) mass is 252 g/mol. The summed E-state index contributed by atoms with van der Waals surface area (Å²) in [5.74, 6) is 0.801. The molecule has 1 aromatic heterocycles. The predicted octanol–water partition coefficient (Wildman–Crippen LogP) is 4.00. The van der Waals surface area contributed by atoms with Gasteiger partial charge in [0.25, 0.3) is 0 Å². The van der Waals surface area contributed by atoms with Crippen LogP contribution in [0.25, 0.3) is 11.0 Å². The average Bonchev–Trinajstić information content (AvgIpc) is 2.89. The number of rotatable bonds is 4. The van der Waals surface area contributed by atoms with Gasteiger partial charge in [-0.15, -0.1) is 0 Å². The van der Waals surface area contributed by atoms with Crippen LogP contribution in [0.15, 0.2) is 53.1 Å². The molecule has 0 unspecified atom stereocenters. The molecule has 0 saturated heterocycles. The van der Waals surface area contributed by atoms with Crippen molar-refractivity contribution in [3.05, 3.63) is 59.7 Å². The van der Waals surface area contributed by atoms with E-state index in [0.717, 1.165) is 29.8 Å². The molecule has 1 heterocycles. The van der Waals surface area contributed by atoms with E-state index in [4.69, 9.17) is 4.52 Å². The third-order valence-electron chi connectivity index (χ3n) is 3.27. The van der Waals surface area contributed by atoms with E-state index in [1.165, 1.54) is 11.1 Å². The van der Waals surface area contributed by atoms with Crippen molar-refractivity contribution in [2.45, 2.75) is 19.9 Å². The molecule has 0 aliphatic carbocycles. The molecule has 96 valence electrons. The molecule has 19 heavy (non-hydrogen) atoms. The fraction of sp³-hybridized carbons (Fsp3) is 0.188. The molecule has 0 spiro atoms. The van der Waals surface area contributed by atoms with Crippen molar-refractivity contribution in [1.82, 2.24) is 5.16 Å². The third-order valence-corrected chi connectivity index (χ3v) is 3.27. The van der Waals surface area contributed by atoms with Crippen LogP contribution in [-0.2, 0) is 13.0 Å². The Morgan fingerprint density at radius 3 is 2.53 bits per heavy atom. The van der Waals surface area contributed by atoms with E-state index >= 15 is 0 Å². The molecule has 0 atom stereocenters. The van der Waals surface area contributed by atoms with Crippen molar-refractivity contribution in [2.75, 3.05) is 5.32 Å². The number of hydrogen-bond acceptors (Lipinski definition) is 3. The summed E-state index contributed by atoms with van der Waals surface area (Å²) in [6.07, 6.45) is 1.07. The molecular weight excluding hydrogens is 236 g/mol. The van der Waals surface area contributed by atoms with Crippen molar-refractivity contribution in [1.29, 1.82) is 0 Å². The largest absolute Gasteiger partial charge is 0.363 e. The summed E-state index contributed by atoms with van der Waals surface area (Å²) in [5, 5.41) is 8.40. The van der Waals surface area contributed by atoms with E-state index in [2.05, 4.69) is 41.7 Å². The minimum Gasteiger partial charge on any atom is -0.363 e. The van der Waals surface area contributed by atoms with E-state index in [-0.39, 0.29) is 0 Å². The van der Waals surface area contributed by atoms with Crippen LogP contribution in [0.5, 0.6) is 0 Å². The Hall–Kier alpha value is -2.29. The number of benzene rings is 2. The fourth-order valence-electron chi connectivity index (χ4n) is 2.09. The Labute approximate surface area is 112 Å². The first-order valence-corrected chi connectivity index (χ1v) is 6.53. The quantitative estimate of drug-likeness (QED) is 0.762. The van der Waals surface area contributed by atoms with Crippen LogP contribution < -0.4 is 5.32 Å². The second-order valence-electron chi connectivity index (χ2n) is 4.55. The maximum Gasteiger partial charge on any atom is 0.177 e. The smallest absolute Gasteiger partial charge is 0.177 e. The van der Waals surface area contributed by atoms with Crippen molar-refractivity contribution in [2.24, 2.45) is 0 Å². The Morgan fingerprint density at radius 1 is 1.00 bits per heavy atom. The maximum atomic E-state index is 5.26. The SMILES string of the molecule is CCc1ccc(CNc2noc3ccccc23)cc1. The lowest BCUT2D eigenvalue weighted by molar-refractivity contribution is 0.459. The highest BCUT2D eigenvalue weighted by Crippen LogP contribution is 2.22. The summed E-state index contributed by atoms with van der Waals surface area (Å²) in [6, 6.07) is 16.5. The Kier molecular flexibility index (Phi) is 3.19. The van der Waals surface area contributed by atoms with E-state index in [1.54, 1.807) is 0 Å². The average molecular weight is 252 g/mol. The number of anilines is 1. The highest BCUT2D eigenvalue weighted by molar-refractivity contribution is 5.87. The molecule has 0 radical (unpaired) electrons. The van der Waals surface area contributed by atoms with Gasteiger partial charge < -0.3 is 9.84 Å². The zero-order valence-electron chi connectivity index (χ0n) is 10.9. The van der Waals surface area contributed by atoms with Gasteiger partial charge >= 0.3 is 0 Å². The summed E-state index contributed by atoms with van der Waals surface area (Å²) in [5.41, 5.74) is 3.41. The van der Waals surface area contributed by atoms with Crippen LogP contribution in [0.4, 0.5) is 5.82 Å². The third kappa shape index (κ3) is 2.45. The van der Waals surface area contributed by atoms with Gasteiger partial charge in [-0.3, -0.25) is 0 Å². The van der Waals surface area contributed by atoms with Gasteiger partial charge in [-0.1, -0.05) is 48.5 Å². The van der Waals surface area contributed by atoms with Crippen molar-refractivity contribution < 1.29 is 4.52 Å². The number of para-hydroxylation sites is 1. The highest BCUT2D eigenvalue weighted by Gasteiger charge is 2.06. The van der Waals surface area contributed by atoms with Crippen LogP contribution in [0, 0.1) is 0 Å². The molecule has 2 aromatic carbocycles. The number of fused-ring (bicyclic) bond motifs is 1. The number of hydrogen-bond donors (Lipinski definition) is 1. The van der Waals surface area contributed by atoms with Gasteiger partial charge in [0, 0.05) is 6.54 Å². The second-order valence-corrected chi connectivity index (χ2v) is 4.55. The molecule has 0 saturated carbocycles. The normalized spacial score (nSPS) is 10.8. The molecule has 0 amide bonds. The Balaban J connectivity index is 1.74. The summed E-state index contributed by atoms with van der Waals surface area (Å²) >= 11 is 0. The summed E-state index contributed by atoms with van der Waals surface area (Å²) in [4.78, 5) is 0. The maximum absolute atomic E-state index is 5.26. The van der Waals surface area contributed by atoms with E-state index in [9.17, 15) is 0 Å². The molecule has 3 aromatic rings. The molecule has 3 heteroatoms. The zero-order chi connectivity index (χ0) is 13.1. The second kappa shape index (κ2) is 5.14. The van der Waals surface area contributed by atoms with Crippen LogP contribution in [0.3, 0.4) is 0 Å².